The molecule has 2 aliphatic heterocycles. The number of anilines is 1. The van der Waals surface area contributed by atoms with Gasteiger partial charge in [0.15, 0.2) is 0 Å². The van der Waals surface area contributed by atoms with E-state index >= 15 is 0 Å². The zero-order valence-electron chi connectivity index (χ0n) is 16.0. The Morgan fingerprint density at radius 1 is 1.35 bits per heavy atom. The van der Waals surface area contributed by atoms with Crippen LogP contribution in [0.3, 0.4) is 0 Å². The summed E-state index contributed by atoms with van der Waals surface area (Å²) in [5.41, 5.74) is 1.20. The molecule has 7 heteroatoms. The molecule has 1 spiro atoms. The van der Waals surface area contributed by atoms with Crippen molar-refractivity contribution in [3.63, 3.8) is 0 Å². The van der Waals surface area contributed by atoms with Crippen molar-refractivity contribution >= 4 is 11.7 Å². The summed E-state index contributed by atoms with van der Waals surface area (Å²) in [6, 6.07) is 0.404. The van der Waals surface area contributed by atoms with Gasteiger partial charge in [0.1, 0.15) is 0 Å². The maximum atomic E-state index is 12.7. The molecule has 1 atom stereocenters. The van der Waals surface area contributed by atoms with Crippen LogP contribution in [-0.2, 0) is 11.3 Å². The van der Waals surface area contributed by atoms with Gasteiger partial charge in [-0.05, 0) is 18.8 Å². The van der Waals surface area contributed by atoms with E-state index in [0.29, 0.717) is 17.4 Å². The lowest BCUT2D eigenvalue weighted by molar-refractivity contribution is -0.114. The number of hydrogen-bond acceptors (Lipinski definition) is 4. The van der Waals surface area contributed by atoms with Crippen LogP contribution < -0.4 is 5.32 Å². The molecule has 1 unspecified atom stereocenters. The summed E-state index contributed by atoms with van der Waals surface area (Å²) in [7, 11) is 0. The minimum Gasteiger partial charge on any atom is -0.379 e. The van der Waals surface area contributed by atoms with Gasteiger partial charge in [-0.2, -0.15) is 5.10 Å². The Morgan fingerprint density at radius 2 is 2.12 bits per heavy atom. The molecule has 3 aliphatic rings. The molecule has 3 fully saturated rings. The number of ether oxygens (including phenoxy) is 1. The van der Waals surface area contributed by atoms with Crippen LogP contribution in [0.4, 0.5) is 10.5 Å². The van der Waals surface area contributed by atoms with Gasteiger partial charge in [-0.1, -0.05) is 20.3 Å². The van der Waals surface area contributed by atoms with Crippen LogP contribution in [0.15, 0.2) is 12.4 Å². The first-order valence-electron chi connectivity index (χ1n) is 9.98. The predicted molar refractivity (Wildman–Crippen MR) is 100 cm³/mol. The van der Waals surface area contributed by atoms with E-state index in [9.17, 15) is 4.79 Å². The highest BCUT2D eigenvalue weighted by Crippen LogP contribution is 2.55. The SMILES string of the molecule is CC(C)C1N(C(=O)Nc2cnn(CCN3CCOCC3)c2)CC12CCC2. The fraction of sp³-hybridized carbons (Fsp3) is 0.789. The van der Waals surface area contributed by atoms with Gasteiger partial charge in [0.2, 0.25) is 0 Å². The number of likely N-dealkylation sites (tertiary alicyclic amines) is 1. The molecule has 0 aromatic carbocycles. The van der Waals surface area contributed by atoms with Gasteiger partial charge in [-0.15, -0.1) is 0 Å². The first-order chi connectivity index (χ1) is 12.6. The maximum absolute atomic E-state index is 12.7. The molecule has 0 bridgehead atoms. The molecular weight excluding hydrogens is 330 g/mol. The van der Waals surface area contributed by atoms with Gasteiger partial charge in [0.05, 0.1) is 31.6 Å². The van der Waals surface area contributed by atoms with Crippen LogP contribution in [0.1, 0.15) is 33.1 Å². The zero-order valence-corrected chi connectivity index (χ0v) is 16.0. The van der Waals surface area contributed by atoms with Crippen LogP contribution in [0.5, 0.6) is 0 Å². The molecule has 0 radical (unpaired) electrons. The third kappa shape index (κ3) is 3.34. The second kappa shape index (κ2) is 7.19. The normalized spacial score (nSPS) is 25.2. The fourth-order valence-electron chi connectivity index (χ4n) is 4.91. The quantitative estimate of drug-likeness (QED) is 0.874. The third-order valence-corrected chi connectivity index (χ3v) is 6.32. The van der Waals surface area contributed by atoms with Crippen molar-refractivity contribution in [3.8, 4) is 0 Å². The zero-order chi connectivity index (χ0) is 18.1. The lowest BCUT2D eigenvalue weighted by Crippen LogP contribution is -2.71. The van der Waals surface area contributed by atoms with Gasteiger partial charge in [-0.3, -0.25) is 9.58 Å². The van der Waals surface area contributed by atoms with Crippen molar-refractivity contribution in [3.05, 3.63) is 12.4 Å². The lowest BCUT2D eigenvalue weighted by atomic mass is 9.55. The molecule has 1 aromatic rings. The number of morpholine rings is 1. The predicted octanol–water partition coefficient (Wildman–Crippen LogP) is 2.26. The Bertz CT molecular complexity index is 634. The molecule has 7 nitrogen and oxygen atoms in total. The molecule has 26 heavy (non-hydrogen) atoms. The Hall–Kier alpha value is -1.60. The molecule has 1 saturated carbocycles. The van der Waals surface area contributed by atoms with Crippen LogP contribution in [0.2, 0.25) is 0 Å². The Labute approximate surface area is 155 Å². The molecule has 1 N–H and O–H groups in total. The highest BCUT2D eigenvalue weighted by molar-refractivity contribution is 5.90. The second-order valence-corrected chi connectivity index (χ2v) is 8.41. The van der Waals surface area contributed by atoms with E-state index in [1.165, 1.54) is 19.3 Å². The van der Waals surface area contributed by atoms with E-state index in [-0.39, 0.29) is 6.03 Å². The lowest BCUT2D eigenvalue weighted by Gasteiger charge is -2.63. The van der Waals surface area contributed by atoms with Gasteiger partial charge in [0, 0.05) is 43.8 Å². The van der Waals surface area contributed by atoms with E-state index in [1.54, 1.807) is 6.20 Å². The summed E-state index contributed by atoms with van der Waals surface area (Å²) in [5.74, 6) is 0.506. The summed E-state index contributed by atoms with van der Waals surface area (Å²) in [6.07, 6.45) is 7.55. The van der Waals surface area contributed by atoms with Gasteiger partial charge >= 0.3 is 6.03 Å². The molecule has 1 aromatic heterocycles. The summed E-state index contributed by atoms with van der Waals surface area (Å²) in [5, 5.41) is 7.44. The average Bonchev–Trinajstić information content (AvgIpc) is 2.98. The standard InChI is InChI=1S/C19H31N5O2/c1-15(2)17-19(4-3-5-19)14-24(17)18(25)21-16-12-20-23(13-16)7-6-22-8-10-26-11-9-22/h12-13,15,17H,3-11,14H2,1-2H3,(H,21,25). The first-order valence-corrected chi connectivity index (χ1v) is 9.98. The van der Waals surface area contributed by atoms with Gasteiger partial charge < -0.3 is 15.0 Å². The number of nitrogens with zero attached hydrogens (tertiary/aromatic N) is 4. The van der Waals surface area contributed by atoms with E-state index in [0.717, 1.165) is 51.6 Å². The smallest absolute Gasteiger partial charge is 0.322 e. The summed E-state index contributed by atoms with van der Waals surface area (Å²) < 4.78 is 7.29. The largest absolute Gasteiger partial charge is 0.379 e. The van der Waals surface area contributed by atoms with Crippen molar-refractivity contribution in [2.45, 2.75) is 45.7 Å². The van der Waals surface area contributed by atoms with E-state index in [4.69, 9.17) is 4.74 Å². The van der Waals surface area contributed by atoms with Crippen molar-refractivity contribution in [1.82, 2.24) is 19.6 Å². The first kappa shape index (κ1) is 17.8. The van der Waals surface area contributed by atoms with Crippen molar-refractivity contribution in [1.29, 1.82) is 0 Å². The van der Waals surface area contributed by atoms with Crippen LogP contribution in [0, 0.1) is 11.3 Å². The van der Waals surface area contributed by atoms with Crippen molar-refractivity contribution in [2.24, 2.45) is 11.3 Å². The Morgan fingerprint density at radius 3 is 2.77 bits per heavy atom. The fourth-order valence-corrected chi connectivity index (χ4v) is 4.91. The summed E-state index contributed by atoms with van der Waals surface area (Å²) in [6.45, 7) is 10.8. The maximum Gasteiger partial charge on any atom is 0.322 e. The summed E-state index contributed by atoms with van der Waals surface area (Å²) in [4.78, 5) is 17.1. The third-order valence-electron chi connectivity index (χ3n) is 6.32. The minimum atomic E-state index is 0.0222. The number of nitrogens with one attached hydrogen (secondary N) is 1. The molecule has 2 saturated heterocycles. The number of urea groups is 1. The van der Waals surface area contributed by atoms with E-state index in [1.807, 2.05) is 15.8 Å². The van der Waals surface area contributed by atoms with Gasteiger partial charge in [-0.25, -0.2) is 4.79 Å². The Kier molecular flexibility index (Phi) is 4.92. The summed E-state index contributed by atoms with van der Waals surface area (Å²) >= 11 is 0. The second-order valence-electron chi connectivity index (χ2n) is 8.41. The number of rotatable bonds is 5. The minimum absolute atomic E-state index is 0.0222. The van der Waals surface area contributed by atoms with E-state index < -0.39 is 0 Å². The molecule has 2 amide bonds. The molecule has 4 rings (SSSR count). The van der Waals surface area contributed by atoms with Crippen molar-refractivity contribution < 1.29 is 9.53 Å². The highest BCUT2D eigenvalue weighted by Gasteiger charge is 2.58. The van der Waals surface area contributed by atoms with Gasteiger partial charge in [0.25, 0.3) is 0 Å². The number of hydrogen-bond donors (Lipinski definition) is 1. The monoisotopic (exact) mass is 361 g/mol. The van der Waals surface area contributed by atoms with Crippen LogP contribution in [-0.4, -0.2) is 71.0 Å². The highest BCUT2D eigenvalue weighted by atomic mass is 16.5. The van der Waals surface area contributed by atoms with Crippen molar-refractivity contribution in [2.75, 3.05) is 44.7 Å². The number of carbonyl (C=O) groups excluding carboxylic acids is 1. The number of amides is 2. The Balaban J connectivity index is 1.29. The topological polar surface area (TPSA) is 62.6 Å². The molecule has 3 heterocycles. The number of aromatic nitrogens is 2. The van der Waals surface area contributed by atoms with Crippen LogP contribution in [0.25, 0.3) is 0 Å². The van der Waals surface area contributed by atoms with E-state index in [2.05, 4.69) is 29.2 Å². The van der Waals surface area contributed by atoms with Crippen LogP contribution >= 0.6 is 0 Å². The molecule has 1 aliphatic carbocycles. The average molecular weight is 361 g/mol. The molecular formula is C19H31N5O2. The number of carbonyl (C=O) groups is 1. The molecule has 144 valence electrons.